The molecule has 1 unspecified atom stereocenters. The number of aromatic nitrogens is 2. The predicted molar refractivity (Wildman–Crippen MR) is 123 cm³/mol. The number of nitrogens with two attached hydrogens (primary N) is 1. The van der Waals surface area contributed by atoms with Crippen molar-refractivity contribution in [3.8, 4) is 11.3 Å². The molecule has 2 aromatic heterocycles. The zero-order valence-electron chi connectivity index (χ0n) is 16.2. The molecular formula is C22H20ClN5OS. The minimum absolute atomic E-state index is 0.108. The number of pyridine rings is 1. The topological polar surface area (TPSA) is 92.9 Å². The van der Waals surface area contributed by atoms with Gasteiger partial charge in [-0.3, -0.25) is 0 Å². The third kappa shape index (κ3) is 4.69. The number of carbonyl (C=O) groups is 1. The minimum Gasteiger partial charge on any atom is -0.384 e. The van der Waals surface area contributed by atoms with Gasteiger partial charge < -0.3 is 16.4 Å². The van der Waals surface area contributed by atoms with E-state index in [1.807, 2.05) is 31.2 Å². The fourth-order valence-corrected chi connectivity index (χ4v) is 4.44. The van der Waals surface area contributed by atoms with Crippen LogP contribution in [0.1, 0.15) is 22.2 Å². The molecule has 1 atom stereocenters. The third-order valence-electron chi connectivity index (χ3n) is 4.61. The number of hydrogen-bond donors (Lipinski definition) is 3. The molecule has 1 aliphatic carbocycles. The molecule has 1 aromatic carbocycles. The van der Waals surface area contributed by atoms with Crippen LogP contribution >= 0.6 is 22.9 Å². The van der Waals surface area contributed by atoms with Crippen molar-refractivity contribution in [3.63, 3.8) is 0 Å². The molecule has 3 aromatic rings. The molecule has 1 aliphatic rings. The van der Waals surface area contributed by atoms with Gasteiger partial charge in [0.15, 0.2) is 0 Å². The molecule has 0 saturated carbocycles. The van der Waals surface area contributed by atoms with E-state index < -0.39 is 0 Å². The summed E-state index contributed by atoms with van der Waals surface area (Å²) < 4.78 is 0. The number of aryl methyl sites for hydroxylation is 1. The SMILES string of the molecule is Cc1nc(-c2ccnc(N)c2)c(C2C=CC=C(NC(=O)Nc3ccc(Cl)cc3)C2)s1. The second-order valence-corrected chi connectivity index (χ2v) is 8.56. The Labute approximate surface area is 183 Å². The number of thiazole rings is 1. The van der Waals surface area contributed by atoms with E-state index in [0.29, 0.717) is 22.9 Å². The Hall–Kier alpha value is -3.16. The van der Waals surface area contributed by atoms with Crippen molar-refractivity contribution < 1.29 is 4.79 Å². The lowest BCUT2D eigenvalue weighted by Crippen LogP contribution is -2.29. The summed E-state index contributed by atoms with van der Waals surface area (Å²) in [5.74, 6) is 0.570. The zero-order chi connectivity index (χ0) is 21.1. The fraction of sp³-hybridized carbons (Fsp3) is 0.136. The molecule has 0 saturated heterocycles. The Bertz CT molecular complexity index is 1140. The van der Waals surface area contributed by atoms with E-state index >= 15 is 0 Å². The van der Waals surface area contributed by atoms with Crippen molar-refractivity contribution >= 4 is 40.5 Å². The van der Waals surface area contributed by atoms with Gasteiger partial charge in [-0.2, -0.15) is 0 Å². The van der Waals surface area contributed by atoms with Gasteiger partial charge in [0, 0.05) is 39.0 Å². The lowest BCUT2D eigenvalue weighted by atomic mass is 9.94. The Balaban J connectivity index is 1.48. The second kappa shape index (κ2) is 8.69. The molecule has 0 radical (unpaired) electrons. The first-order chi connectivity index (χ1) is 14.5. The maximum atomic E-state index is 12.4. The van der Waals surface area contributed by atoms with E-state index in [2.05, 4.69) is 21.7 Å². The van der Waals surface area contributed by atoms with Crippen LogP contribution in [-0.4, -0.2) is 16.0 Å². The smallest absolute Gasteiger partial charge is 0.323 e. The van der Waals surface area contributed by atoms with Gasteiger partial charge in [-0.1, -0.05) is 23.8 Å². The Morgan fingerprint density at radius 3 is 2.80 bits per heavy atom. The van der Waals surface area contributed by atoms with E-state index in [1.165, 1.54) is 0 Å². The molecule has 0 bridgehead atoms. The molecule has 2 heterocycles. The average Bonchev–Trinajstić information content (AvgIpc) is 3.12. The number of rotatable bonds is 4. The Morgan fingerprint density at radius 2 is 2.03 bits per heavy atom. The zero-order valence-corrected chi connectivity index (χ0v) is 17.8. The van der Waals surface area contributed by atoms with Crippen LogP contribution in [0, 0.1) is 6.92 Å². The molecule has 8 heteroatoms. The van der Waals surface area contributed by atoms with Crippen molar-refractivity contribution in [3.05, 3.63) is 81.4 Å². The summed E-state index contributed by atoms with van der Waals surface area (Å²) in [6.45, 7) is 1.99. The van der Waals surface area contributed by atoms with Crippen molar-refractivity contribution in [1.29, 1.82) is 0 Å². The van der Waals surface area contributed by atoms with Gasteiger partial charge in [-0.15, -0.1) is 11.3 Å². The van der Waals surface area contributed by atoms with Gasteiger partial charge in [0.25, 0.3) is 0 Å². The van der Waals surface area contributed by atoms with Crippen molar-refractivity contribution in [1.82, 2.24) is 15.3 Å². The summed E-state index contributed by atoms with van der Waals surface area (Å²) in [6.07, 6.45) is 8.36. The number of hydrogen-bond acceptors (Lipinski definition) is 5. The maximum absolute atomic E-state index is 12.4. The summed E-state index contributed by atoms with van der Waals surface area (Å²) in [7, 11) is 0. The van der Waals surface area contributed by atoms with Gasteiger partial charge >= 0.3 is 6.03 Å². The number of benzene rings is 1. The highest BCUT2D eigenvalue weighted by molar-refractivity contribution is 7.12. The van der Waals surface area contributed by atoms with Crippen LogP contribution in [0.15, 0.2) is 66.5 Å². The van der Waals surface area contributed by atoms with Gasteiger partial charge in [0.1, 0.15) is 5.82 Å². The van der Waals surface area contributed by atoms with Gasteiger partial charge in [0.2, 0.25) is 0 Å². The fourth-order valence-electron chi connectivity index (χ4n) is 3.29. The molecule has 2 amide bonds. The van der Waals surface area contributed by atoms with E-state index in [1.54, 1.807) is 41.8 Å². The highest BCUT2D eigenvalue weighted by atomic mass is 35.5. The van der Waals surface area contributed by atoms with Crippen LogP contribution in [0.5, 0.6) is 0 Å². The first kappa shape index (κ1) is 20.1. The molecule has 0 spiro atoms. The highest BCUT2D eigenvalue weighted by Gasteiger charge is 2.22. The number of allylic oxidation sites excluding steroid dienone is 4. The number of nitrogens with one attached hydrogen (secondary N) is 2. The van der Waals surface area contributed by atoms with Gasteiger partial charge in [-0.05, 0) is 55.8 Å². The average molecular weight is 438 g/mol. The van der Waals surface area contributed by atoms with Crippen LogP contribution in [-0.2, 0) is 0 Å². The molecular weight excluding hydrogens is 418 g/mol. The standard InChI is InChI=1S/C22H20ClN5OS/c1-13-26-20(14-9-10-25-19(24)12-14)21(30-13)15-3-2-4-18(11-15)28-22(29)27-17-7-5-16(23)6-8-17/h2-10,12,15H,11H2,1H3,(H2,24,25)(H2,27,28,29). The summed E-state index contributed by atoms with van der Waals surface area (Å²) >= 11 is 7.54. The highest BCUT2D eigenvalue weighted by Crippen LogP contribution is 2.38. The maximum Gasteiger partial charge on any atom is 0.323 e. The number of nitrogens with zero attached hydrogens (tertiary/aromatic N) is 2. The van der Waals surface area contributed by atoms with E-state index in [-0.39, 0.29) is 11.9 Å². The number of nitrogen functional groups attached to an aromatic ring is 1. The molecule has 4 N–H and O–H groups in total. The molecule has 0 aliphatic heterocycles. The van der Waals surface area contributed by atoms with Crippen LogP contribution in [0.3, 0.4) is 0 Å². The number of anilines is 2. The van der Waals surface area contributed by atoms with Crippen molar-refractivity contribution in [2.24, 2.45) is 0 Å². The first-order valence-corrected chi connectivity index (χ1v) is 10.6. The second-order valence-electron chi connectivity index (χ2n) is 6.89. The van der Waals surface area contributed by atoms with Gasteiger partial charge in [0.05, 0.1) is 10.7 Å². The van der Waals surface area contributed by atoms with E-state index in [4.69, 9.17) is 22.3 Å². The van der Waals surface area contributed by atoms with Crippen LogP contribution in [0.2, 0.25) is 5.02 Å². The Morgan fingerprint density at radius 1 is 1.23 bits per heavy atom. The lowest BCUT2D eigenvalue weighted by Gasteiger charge is -2.19. The van der Waals surface area contributed by atoms with Crippen LogP contribution in [0.25, 0.3) is 11.3 Å². The number of halogens is 1. The summed E-state index contributed by atoms with van der Waals surface area (Å²) in [5, 5.41) is 7.35. The molecule has 30 heavy (non-hydrogen) atoms. The summed E-state index contributed by atoms with van der Waals surface area (Å²) in [5.41, 5.74) is 9.22. The number of urea groups is 1. The molecule has 152 valence electrons. The van der Waals surface area contributed by atoms with Crippen molar-refractivity contribution in [2.75, 3.05) is 11.1 Å². The third-order valence-corrected chi connectivity index (χ3v) is 5.96. The number of carbonyl (C=O) groups excluding carboxylic acids is 1. The predicted octanol–water partition coefficient (Wildman–Crippen LogP) is 5.50. The normalized spacial score (nSPS) is 15.5. The lowest BCUT2D eigenvalue weighted by molar-refractivity contribution is 0.254. The summed E-state index contributed by atoms with van der Waals surface area (Å²) in [6, 6.07) is 10.4. The Kier molecular flexibility index (Phi) is 5.83. The molecule has 6 nitrogen and oxygen atoms in total. The number of amides is 2. The van der Waals surface area contributed by atoms with Crippen molar-refractivity contribution in [2.45, 2.75) is 19.3 Å². The minimum atomic E-state index is -0.291. The largest absolute Gasteiger partial charge is 0.384 e. The summed E-state index contributed by atoms with van der Waals surface area (Å²) in [4.78, 5) is 22.3. The first-order valence-electron chi connectivity index (χ1n) is 9.38. The van der Waals surface area contributed by atoms with E-state index in [9.17, 15) is 4.79 Å². The van der Waals surface area contributed by atoms with Crippen LogP contribution < -0.4 is 16.4 Å². The van der Waals surface area contributed by atoms with Gasteiger partial charge in [-0.25, -0.2) is 14.8 Å². The quantitative estimate of drug-likeness (QED) is 0.502. The van der Waals surface area contributed by atoms with E-state index in [0.717, 1.165) is 26.8 Å². The monoisotopic (exact) mass is 437 g/mol. The van der Waals surface area contributed by atoms with Crippen LogP contribution in [0.4, 0.5) is 16.3 Å². The molecule has 0 fully saturated rings. The molecule has 4 rings (SSSR count).